The van der Waals surface area contributed by atoms with Gasteiger partial charge in [0.05, 0.1) is 13.7 Å². The zero-order chi connectivity index (χ0) is 19.9. The molecule has 0 aromatic heterocycles. The number of amides is 1. The molecule has 3 rings (SSSR count). The highest BCUT2D eigenvalue weighted by Crippen LogP contribution is 2.23. The van der Waals surface area contributed by atoms with Crippen molar-refractivity contribution in [3.8, 4) is 5.75 Å². The molecular weight excluding hydrogens is 361 g/mol. The Labute approximate surface area is 164 Å². The summed E-state index contributed by atoms with van der Waals surface area (Å²) >= 11 is 0. The summed E-state index contributed by atoms with van der Waals surface area (Å²) in [6, 6.07) is 13.2. The molecule has 0 bridgehead atoms. The van der Waals surface area contributed by atoms with E-state index in [1.54, 1.807) is 12.0 Å². The second kappa shape index (κ2) is 9.35. The van der Waals surface area contributed by atoms with Gasteiger partial charge >= 0.3 is 6.09 Å². The van der Waals surface area contributed by atoms with E-state index in [2.05, 4.69) is 0 Å². The summed E-state index contributed by atoms with van der Waals surface area (Å²) in [5, 5.41) is 0. The van der Waals surface area contributed by atoms with E-state index in [0.717, 1.165) is 11.3 Å². The number of hydrogen-bond donors (Lipinski definition) is 0. The summed E-state index contributed by atoms with van der Waals surface area (Å²) in [5.41, 5.74) is 1.50. The number of methoxy groups -OCH3 is 1. The molecule has 148 valence electrons. The molecule has 2 aromatic carbocycles. The van der Waals surface area contributed by atoms with E-state index in [1.165, 1.54) is 24.3 Å². The third-order valence-corrected chi connectivity index (χ3v) is 5.04. The van der Waals surface area contributed by atoms with Crippen LogP contribution in [0.5, 0.6) is 5.75 Å². The van der Waals surface area contributed by atoms with Crippen molar-refractivity contribution in [2.45, 2.75) is 19.3 Å². The SMILES string of the molecule is COc1ccccc1CCOC(=O)N1CCC(C(=O)c2ccc(F)cc2)CC1. The second-order valence-electron chi connectivity index (χ2n) is 6.81. The number of benzene rings is 2. The third-order valence-electron chi connectivity index (χ3n) is 5.04. The lowest BCUT2D eigenvalue weighted by Gasteiger charge is -2.30. The van der Waals surface area contributed by atoms with Crippen molar-refractivity contribution in [1.29, 1.82) is 0 Å². The highest BCUT2D eigenvalue weighted by molar-refractivity contribution is 5.97. The summed E-state index contributed by atoms with van der Waals surface area (Å²) in [7, 11) is 1.61. The third kappa shape index (κ3) is 4.88. The van der Waals surface area contributed by atoms with Gasteiger partial charge in [-0.15, -0.1) is 0 Å². The van der Waals surface area contributed by atoms with Crippen LogP contribution in [0.15, 0.2) is 48.5 Å². The van der Waals surface area contributed by atoms with E-state index in [0.29, 0.717) is 37.9 Å². The Balaban J connectivity index is 1.44. The van der Waals surface area contributed by atoms with Gasteiger partial charge in [0.15, 0.2) is 5.78 Å². The Morgan fingerprint density at radius 3 is 2.43 bits per heavy atom. The molecule has 0 atom stereocenters. The predicted molar refractivity (Wildman–Crippen MR) is 103 cm³/mol. The van der Waals surface area contributed by atoms with Gasteiger partial charge in [-0.25, -0.2) is 9.18 Å². The van der Waals surface area contributed by atoms with Crippen LogP contribution in [0, 0.1) is 11.7 Å². The summed E-state index contributed by atoms with van der Waals surface area (Å²) in [5.74, 6) is 0.271. The number of piperidine rings is 1. The van der Waals surface area contributed by atoms with Gasteiger partial charge in [0.25, 0.3) is 0 Å². The summed E-state index contributed by atoms with van der Waals surface area (Å²) in [4.78, 5) is 26.4. The lowest BCUT2D eigenvalue weighted by Crippen LogP contribution is -2.40. The first-order valence-electron chi connectivity index (χ1n) is 9.42. The van der Waals surface area contributed by atoms with Crippen molar-refractivity contribution in [1.82, 2.24) is 4.90 Å². The van der Waals surface area contributed by atoms with Crippen LogP contribution in [0.4, 0.5) is 9.18 Å². The van der Waals surface area contributed by atoms with Crippen LogP contribution >= 0.6 is 0 Å². The maximum atomic E-state index is 13.0. The minimum Gasteiger partial charge on any atom is -0.496 e. The molecule has 0 spiro atoms. The van der Waals surface area contributed by atoms with Crippen molar-refractivity contribution >= 4 is 11.9 Å². The number of ether oxygens (including phenoxy) is 2. The van der Waals surface area contributed by atoms with Crippen LogP contribution in [-0.4, -0.2) is 43.6 Å². The molecule has 0 unspecified atom stereocenters. The average molecular weight is 385 g/mol. The number of carbonyl (C=O) groups is 2. The Kier molecular flexibility index (Phi) is 6.63. The molecule has 0 aliphatic carbocycles. The zero-order valence-corrected chi connectivity index (χ0v) is 15.9. The van der Waals surface area contributed by atoms with Crippen molar-refractivity contribution in [3.05, 3.63) is 65.5 Å². The zero-order valence-electron chi connectivity index (χ0n) is 15.9. The van der Waals surface area contributed by atoms with E-state index in [4.69, 9.17) is 9.47 Å². The number of halogens is 1. The lowest BCUT2D eigenvalue weighted by molar-refractivity contribution is 0.0741. The maximum absolute atomic E-state index is 13.0. The van der Waals surface area contributed by atoms with Gasteiger partial charge in [0, 0.05) is 31.0 Å². The molecule has 0 saturated carbocycles. The normalized spacial score (nSPS) is 14.6. The number of ketones is 1. The van der Waals surface area contributed by atoms with Gasteiger partial charge in [0.1, 0.15) is 11.6 Å². The molecule has 2 aromatic rings. The van der Waals surface area contributed by atoms with E-state index >= 15 is 0 Å². The number of rotatable bonds is 6. The molecule has 28 heavy (non-hydrogen) atoms. The summed E-state index contributed by atoms with van der Waals surface area (Å²) in [6.07, 6.45) is 1.38. The first-order valence-corrected chi connectivity index (χ1v) is 9.42. The first kappa shape index (κ1) is 19.9. The van der Waals surface area contributed by atoms with Crippen molar-refractivity contribution < 1.29 is 23.5 Å². The minimum atomic E-state index is -0.359. The van der Waals surface area contributed by atoms with Crippen LogP contribution in [-0.2, 0) is 11.2 Å². The fourth-order valence-corrected chi connectivity index (χ4v) is 3.42. The van der Waals surface area contributed by atoms with E-state index in [-0.39, 0.29) is 30.2 Å². The lowest BCUT2D eigenvalue weighted by atomic mass is 9.89. The van der Waals surface area contributed by atoms with Gasteiger partial charge in [-0.3, -0.25) is 4.79 Å². The van der Waals surface area contributed by atoms with E-state index < -0.39 is 0 Å². The van der Waals surface area contributed by atoms with Crippen molar-refractivity contribution in [3.63, 3.8) is 0 Å². The molecule has 1 fully saturated rings. The molecule has 1 saturated heterocycles. The monoisotopic (exact) mass is 385 g/mol. The maximum Gasteiger partial charge on any atom is 0.409 e. The molecule has 1 heterocycles. The molecular formula is C22H24FNO4. The van der Waals surface area contributed by atoms with Crippen LogP contribution in [0.1, 0.15) is 28.8 Å². The molecule has 0 N–H and O–H groups in total. The van der Waals surface area contributed by atoms with E-state index in [9.17, 15) is 14.0 Å². The smallest absolute Gasteiger partial charge is 0.409 e. The topological polar surface area (TPSA) is 55.8 Å². The van der Waals surface area contributed by atoms with Crippen LogP contribution in [0.3, 0.4) is 0 Å². The molecule has 0 radical (unpaired) electrons. The Morgan fingerprint density at radius 2 is 1.75 bits per heavy atom. The van der Waals surface area contributed by atoms with Gasteiger partial charge in [0.2, 0.25) is 0 Å². The quantitative estimate of drug-likeness (QED) is 0.703. The fraction of sp³-hybridized carbons (Fsp3) is 0.364. The minimum absolute atomic E-state index is 0.00388. The predicted octanol–water partition coefficient (Wildman–Crippen LogP) is 4.11. The number of likely N-dealkylation sites (tertiary alicyclic amines) is 1. The molecule has 5 nitrogen and oxygen atoms in total. The van der Waals surface area contributed by atoms with Gasteiger partial charge in [-0.05, 0) is 48.7 Å². The molecule has 6 heteroatoms. The van der Waals surface area contributed by atoms with Crippen LogP contribution in [0.25, 0.3) is 0 Å². The Bertz CT molecular complexity index is 814. The number of Topliss-reactive ketones (excluding diaryl/α,β-unsaturated/α-hetero) is 1. The van der Waals surface area contributed by atoms with Crippen LogP contribution < -0.4 is 4.74 Å². The highest BCUT2D eigenvalue weighted by Gasteiger charge is 2.28. The standard InChI is InChI=1S/C22H24FNO4/c1-27-20-5-3-2-4-16(20)12-15-28-22(26)24-13-10-18(11-14-24)21(25)17-6-8-19(23)9-7-17/h2-9,18H,10-15H2,1H3. The van der Waals surface area contributed by atoms with Crippen molar-refractivity contribution in [2.75, 3.05) is 26.8 Å². The van der Waals surface area contributed by atoms with Crippen LogP contribution in [0.2, 0.25) is 0 Å². The number of hydrogen-bond acceptors (Lipinski definition) is 4. The van der Waals surface area contributed by atoms with Crippen molar-refractivity contribution in [2.24, 2.45) is 5.92 Å². The Morgan fingerprint density at radius 1 is 1.07 bits per heavy atom. The summed E-state index contributed by atoms with van der Waals surface area (Å²) in [6.45, 7) is 1.23. The fourth-order valence-electron chi connectivity index (χ4n) is 3.42. The molecule has 1 aliphatic rings. The van der Waals surface area contributed by atoms with Gasteiger partial charge in [-0.1, -0.05) is 18.2 Å². The van der Waals surface area contributed by atoms with Gasteiger partial charge < -0.3 is 14.4 Å². The van der Waals surface area contributed by atoms with E-state index in [1.807, 2.05) is 24.3 Å². The Hall–Kier alpha value is -2.89. The average Bonchev–Trinajstić information content (AvgIpc) is 2.74. The number of para-hydroxylation sites is 1. The number of nitrogens with zero attached hydrogens (tertiary/aromatic N) is 1. The second-order valence-corrected chi connectivity index (χ2v) is 6.81. The largest absolute Gasteiger partial charge is 0.496 e. The highest BCUT2D eigenvalue weighted by atomic mass is 19.1. The van der Waals surface area contributed by atoms with Gasteiger partial charge in [-0.2, -0.15) is 0 Å². The molecule has 1 amide bonds. The first-order chi connectivity index (χ1) is 13.6. The number of carbonyl (C=O) groups excluding carboxylic acids is 2. The molecule has 1 aliphatic heterocycles. The summed E-state index contributed by atoms with van der Waals surface area (Å²) < 4.78 is 23.7.